The van der Waals surface area contributed by atoms with Crippen molar-refractivity contribution in [3.05, 3.63) is 32.9 Å². The molecule has 1 atom stereocenters. The topological polar surface area (TPSA) is 41.1 Å². The molecule has 0 saturated carbocycles. The Morgan fingerprint density at radius 3 is 3.06 bits per heavy atom. The van der Waals surface area contributed by atoms with Gasteiger partial charge in [0.05, 0.1) is 0 Å². The molecule has 1 aliphatic rings. The van der Waals surface area contributed by atoms with E-state index in [0.717, 1.165) is 34.2 Å². The van der Waals surface area contributed by atoms with Crippen LogP contribution in [0.15, 0.2) is 18.2 Å². The number of amides is 1. The molecule has 0 aromatic heterocycles. The number of carbonyl (C=O) groups is 1. The van der Waals surface area contributed by atoms with Crippen molar-refractivity contribution >= 4 is 28.5 Å². The van der Waals surface area contributed by atoms with E-state index in [0.29, 0.717) is 0 Å². The van der Waals surface area contributed by atoms with Crippen LogP contribution in [0.4, 0.5) is 0 Å². The van der Waals surface area contributed by atoms with Crippen LogP contribution in [0, 0.1) is 10.5 Å². The van der Waals surface area contributed by atoms with Crippen molar-refractivity contribution in [1.82, 2.24) is 10.6 Å². The number of nitrogens with one attached hydrogen (secondary N) is 2. The molecule has 1 unspecified atom stereocenters. The molecule has 4 heteroatoms. The normalized spacial score (nSPS) is 19.8. The molecule has 2 rings (SSSR count). The van der Waals surface area contributed by atoms with Gasteiger partial charge >= 0.3 is 0 Å². The van der Waals surface area contributed by atoms with Crippen molar-refractivity contribution < 1.29 is 4.79 Å². The van der Waals surface area contributed by atoms with Crippen molar-refractivity contribution in [3.8, 4) is 0 Å². The number of benzene rings is 1. The number of rotatable bonds is 2. The molecule has 1 amide bonds. The van der Waals surface area contributed by atoms with Crippen LogP contribution < -0.4 is 10.6 Å². The van der Waals surface area contributed by atoms with E-state index < -0.39 is 0 Å². The van der Waals surface area contributed by atoms with Crippen molar-refractivity contribution in [1.29, 1.82) is 0 Å². The van der Waals surface area contributed by atoms with E-state index in [2.05, 4.69) is 33.2 Å². The maximum absolute atomic E-state index is 12.0. The molecule has 1 fully saturated rings. The van der Waals surface area contributed by atoms with Crippen LogP contribution in [0.3, 0.4) is 0 Å². The van der Waals surface area contributed by atoms with Crippen LogP contribution in [0.25, 0.3) is 0 Å². The van der Waals surface area contributed by atoms with E-state index in [9.17, 15) is 4.79 Å². The molecule has 16 heavy (non-hydrogen) atoms. The first-order valence-corrected chi connectivity index (χ1v) is 6.53. The first kappa shape index (κ1) is 11.9. The van der Waals surface area contributed by atoms with Crippen molar-refractivity contribution in [2.75, 3.05) is 13.1 Å². The van der Waals surface area contributed by atoms with Crippen LogP contribution in [-0.4, -0.2) is 25.0 Å². The van der Waals surface area contributed by atoms with E-state index in [-0.39, 0.29) is 11.9 Å². The fourth-order valence-corrected chi connectivity index (χ4v) is 2.39. The van der Waals surface area contributed by atoms with E-state index in [1.807, 2.05) is 25.1 Å². The zero-order valence-corrected chi connectivity index (χ0v) is 11.4. The van der Waals surface area contributed by atoms with Crippen LogP contribution in [0.5, 0.6) is 0 Å². The second-order valence-electron chi connectivity index (χ2n) is 4.08. The van der Waals surface area contributed by atoms with E-state index in [1.54, 1.807) is 0 Å². The minimum absolute atomic E-state index is 0.0460. The maximum atomic E-state index is 12.0. The minimum atomic E-state index is 0.0460. The molecule has 0 radical (unpaired) electrons. The molecule has 1 aliphatic heterocycles. The Hall–Kier alpha value is -0.620. The first-order valence-electron chi connectivity index (χ1n) is 5.45. The standard InChI is InChI=1S/C12H15IN2O/c1-8-10(3-2-4-11(8)13)12(16)15-9-5-6-14-7-9/h2-4,9,14H,5-7H2,1H3,(H,15,16). The Labute approximate surface area is 109 Å². The highest BCUT2D eigenvalue weighted by molar-refractivity contribution is 14.1. The third-order valence-electron chi connectivity index (χ3n) is 2.91. The van der Waals surface area contributed by atoms with Gasteiger partial charge in [-0.2, -0.15) is 0 Å². The Morgan fingerprint density at radius 2 is 2.38 bits per heavy atom. The summed E-state index contributed by atoms with van der Waals surface area (Å²) >= 11 is 2.26. The van der Waals surface area contributed by atoms with Gasteiger partial charge in [0.2, 0.25) is 0 Å². The Kier molecular flexibility index (Phi) is 3.81. The molecule has 0 aliphatic carbocycles. The van der Waals surface area contributed by atoms with Gasteiger partial charge in [0.15, 0.2) is 0 Å². The van der Waals surface area contributed by atoms with E-state index in [4.69, 9.17) is 0 Å². The number of carbonyl (C=O) groups excluding carboxylic acids is 1. The molecular weight excluding hydrogens is 315 g/mol. The molecule has 86 valence electrons. The summed E-state index contributed by atoms with van der Waals surface area (Å²) in [5, 5.41) is 6.30. The van der Waals surface area contributed by atoms with Gasteiger partial charge in [-0.25, -0.2) is 0 Å². The van der Waals surface area contributed by atoms with Gasteiger partial charge in [0.1, 0.15) is 0 Å². The zero-order chi connectivity index (χ0) is 11.5. The first-order chi connectivity index (χ1) is 7.68. The molecular formula is C12H15IN2O. The highest BCUT2D eigenvalue weighted by Crippen LogP contribution is 2.16. The molecule has 0 spiro atoms. The molecule has 1 aromatic rings. The number of hydrogen-bond donors (Lipinski definition) is 2. The summed E-state index contributed by atoms with van der Waals surface area (Å²) in [6.07, 6.45) is 1.02. The number of hydrogen-bond acceptors (Lipinski definition) is 2. The van der Waals surface area contributed by atoms with Crippen molar-refractivity contribution in [2.24, 2.45) is 0 Å². The summed E-state index contributed by atoms with van der Waals surface area (Å²) in [6, 6.07) is 6.11. The SMILES string of the molecule is Cc1c(I)cccc1C(=O)NC1CCNC1. The van der Waals surface area contributed by atoms with E-state index >= 15 is 0 Å². The second-order valence-corrected chi connectivity index (χ2v) is 5.24. The lowest BCUT2D eigenvalue weighted by Gasteiger charge is -2.13. The fraction of sp³-hybridized carbons (Fsp3) is 0.417. The van der Waals surface area contributed by atoms with Crippen LogP contribution >= 0.6 is 22.6 Å². The molecule has 1 aromatic carbocycles. The summed E-state index contributed by atoms with van der Waals surface area (Å²) in [5.41, 5.74) is 1.85. The van der Waals surface area contributed by atoms with Crippen molar-refractivity contribution in [3.63, 3.8) is 0 Å². The van der Waals surface area contributed by atoms with Gasteiger partial charge in [-0.05, 0) is 60.2 Å². The summed E-state index contributed by atoms with van der Waals surface area (Å²) in [4.78, 5) is 12.0. The van der Waals surface area contributed by atoms with E-state index in [1.165, 1.54) is 0 Å². The highest BCUT2D eigenvalue weighted by atomic mass is 127. The molecule has 2 N–H and O–H groups in total. The maximum Gasteiger partial charge on any atom is 0.251 e. The summed E-state index contributed by atoms with van der Waals surface area (Å²) < 4.78 is 1.13. The Bertz CT molecular complexity index is 400. The van der Waals surface area contributed by atoms with Crippen LogP contribution in [-0.2, 0) is 0 Å². The third kappa shape index (κ3) is 2.55. The molecule has 1 saturated heterocycles. The lowest BCUT2D eigenvalue weighted by Crippen LogP contribution is -2.36. The number of halogens is 1. The van der Waals surface area contributed by atoms with Gasteiger partial charge in [0.25, 0.3) is 5.91 Å². The van der Waals surface area contributed by atoms with Crippen molar-refractivity contribution in [2.45, 2.75) is 19.4 Å². The van der Waals surface area contributed by atoms with Crippen LogP contribution in [0.1, 0.15) is 22.3 Å². The summed E-state index contributed by atoms with van der Waals surface area (Å²) in [5.74, 6) is 0.0460. The monoisotopic (exact) mass is 330 g/mol. The minimum Gasteiger partial charge on any atom is -0.348 e. The van der Waals surface area contributed by atoms with Gasteiger partial charge in [-0.1, -0.05) is 6.07 Å². The summed E-state index contributed by atoms with van der Waals surface area (Å²) in [7, 11) is 0. The molecule has 0 bridgehead atoms. The van der Waals surface area contributed by atoms with Gasteiger partial charge in [-0.15, -0.1) is 0 Å². The average Bonchev–Trinajstić information content (AvgIpc) is 2.74. The predicted molar refractivity (Wildman–Crippen MR) is 72.6 cm³/mol. The average molecular weight is 330 g/mol. The second kappa shape index (κ2) is 5.14. The fourth-order valence-electron chi connectivity index (χ4n) is 1.89. The summed E-state index contributed by atoms with van der Waals surface area (Å²) in [6.45, 7) is 3.87. The largest absolute Gasteiger partial charge is 0.348 e. The predicted octanol–water partition coefficient (Wildman–Crippen LogP) is 1.69. The third-order valence-corrected chi connectivity index (χ3v) is 4.08. The van der Waals surface area contributed by atoms with Gasteiger partial charge < -0.3 is 10.6 Å². The highest BCUT2D eigenvalue weighted by Gasteiger charge is 2.18. The zero-order valence-electron chi connectivity index (χ0n) is 9.22. The lowest BCUT2D eigenvalue weighted by molar-refractivity contribution is 0.0939. The Morgan fingerprint density at radius 1 is 1.56 bits per heavy atom. The molecule has 3 nitrogen and oxygen atoms in total. The smallest absolute Gasteiger partial charge is 0.251 e. The lowest BCUT2D eigenvalue weighted by atomic mass is 10.1. The quantitative estimate of drug-likeness (QED) is 0.811. The van der Waals surface area contributed by atoms with Gasteiger partial charge in [-0.3, -0.25) is 4.79 Å². The Balaban J connectivity index is 2.11. The van der Waals surface area contributed by atoms with Crippen LogP contribution in [0.2, 0.25) is 0 Å². The van der Waals surface area contributed by atoms with Gasteiger partial charge in [0, 0.05) is 21.7 Å². The molecule has 1 heterocycles.